The molecule has 0 aliphatic carbocycles. The maximum Gasteiger partial charge on any atom is 0.118 e. The van der Waals surface area contributed by atoms with Crippen LogP contribution in [0.15, 0.2) is 29.8 Å². The minimum absolute atomic E-state index is 0.190. The Bertz CT molecular complexity index is 507. The molecule has 0 aliphatic heterocycles. The lowest BCUT2D eigenvalue weighted by atomic mass is 10.0. The van der Waals surface area contributed by atoms with Crippen molar-refractivity contribution in [2.24, 2.45) is 5.73 Å². The van der Waals surface area contributed by atoms with Crippen molar-refractivity contribution in [3.63, 3.8) is 0 Å². The van der Waals surface area contributed by atoms with E-state index < -0.39 is 0 Å². The number of thiazole rings is 1. The van der Waals surface area contributed by atoms with Gasteiger partial charge in [-0.1, -0.05) is 12.1 Å². The Morgan fingerprint density at radius 3 is 2.63 bits per heavy atom. The van der Waals surface area contributed by atoms with Crippen LogP contribution in [0.4, 0.5) is 0 Å². The number of aryl methyl sites for hydroxylation is 2. The first-order chi connectivity index (χ1) is 9.19. The van der Waals surface area contributed by atoms with Crippen molar-refractivity contribution in [1.82, 2.24) is 4.98 Å². The van der Waals surface area contributed by atoms with Crippen LogP contribution in [0.2, 0.25) is 0 Å². The number of nitrogens with two attached hydrogens (primary N) is 1. The van der Waals surface area contributed by atoms with E-state index in [-0.39, 0.29) is 6.04 Å². The minimum atomic E-state index is 0.190. The fourth-order valence-electron chi connectivity index (χ4n) is 2.05. The predicted molar refractivity (Wildman–Crippen MR) is 79.8 cm³/mol. The largest absolute Gasteiger partial charge is 0.497 e. The molecule has 4 heteroatoms. The van der Waals surface area contributed by atoms with Gasteiger partial charge in [0.2, 0.25) is 0 Å². The van der Waals surface area contributed by atoms with Gasteiger partial charge in [0.1, 0.15) is 5.75 Å². The standard InChI is InChI=1S/C15H20N2OS/c1-11-15(19-10-17-11)8-5-13(16)9-12-3-6-14(18-2)7-4-12/h3-4,6-7,10,13H,5,8-9,16H2,1-2H3. The van der Waals surface area contributed by atoms with Gasteiger partial charge in [-0.15, -0.1) is 11.3 Å². The average Bonchev–Trinajstić information content (AvgIpc) is 2.83. The number of methoxy groups -OCH3 is 1. The quantitative estimate of drug-likeness (QED) is 0.882. The minimum Gasteiger partial charge on any atom is -0.497 e. The van der Waals surface area contributed by atoms with Gasteiger partial charge < -0.3 is 10.5 Å². The molecular weight excluding hydrogens is 256 g/mol. The van der Waals surface area contributed by atoms with Crippen LogP contribution >= 0.6 is 11.3 Å². The number of aromatic nitrogens is 1. The Morgan fingerprint density at radius 1 is 1.32 bits per heavy atom. The number of hydrogen-bond donors (Lipinski definition) is 1. The van der Waals surface area contributed by atoms with E-state index in [0.29, 0.717) is 0 Å². The summed E-state index contributed by atoms with van der Waals surface area (Å²) in [5.41, 5.74) is 10.5. The molecule has 0 saturated heterocycles. The van der Waals surface area contributed by atoms with Crippen LogP contribution in [0.5, 0.6) is 5.75 Å². The molecule has 1 heterocycles. The molecule has 0 radical (unpaired) electrons. The van der Waals surface area contributed by atoms with E-state index in [1.165, 1.54) is 10.4 Å². The Labute approximate surface area is 118 Å². The Kier molecular flexibility index (Phi) is 4.93. The summed E-state index contributed by atoms with van der Waals surface area (Å²) >= 11 is 1.72. The van der Waals surface area contributed by atoms with Gasteiger partial charge in [-0.2, -0.15) is 0 Å². The van der Waals surface area contributed by atoms with Crippen molar-refractivity contribution in [3.05, 3.63) is 45.9 Å². The van der Waals surface area contributed by atoms with E-state index >= 15 is 0 Å². The van der Waals surface area contributed by atoms with Crippen LogP contribution in [-0.2, 0) is 12.8 Å². The summed E-state index contributed by atoms with van der Waals surface area (Å²) in [5, 5.41) is 0. The van der Waals surface area contributed by atoms with Crippen molar-refractivity contribution >= 4 is 11.3 Å². The molecule has 1 aromatic heterocycles. The third-order valence-electron chi connectivity index (χ3n) is 3.24. The number of ether oxygens (including phenoxy) is 1. The van der Waals surface area contributed by atoms with E-state index in [2.05, 4.69) is 24.0 Å². The first kappa shape index (κ1) is 14.0. The topological polar surface area (TPSA) is 48.1 Å². The third kappa shape index (κ3) is 4.04. The lowest BCUT2D eigenvalue weighted by molar-refractivity contribution is 0.414. The van der Waals surface area contributed by atoms with Crippen LogP contribution in [0, 0.1) is 6.92 Å². The molecule has 3 nitrogen and oxygen atoms in total. The van der Waals surface area contributed by atoms with Crippen molar-refractivity contribution in [1.29, 1.82) is 0 Å². The molecule has 2 aromatic rings. The molecule has 0 spiro atoms. The number of nitrogens with zero attached hydrogens (tertiary/aromatic N) is 1. The second-order valence-electron chi connectivity index (χ2n) is 4.71. The van der Waals surface area contributed by atoms with E-state index in [9.17, 15) is 0 Å². The average molecular weight is 276 g/mol. The van der Waals surface area contributed by atoms with Gasteiger partial charge in [-0.3, -0.25) is 0 Å². The van der Waals surface area contributed by atoms with Gasteiger partial charge in [0.05, 0.1) is 18.3 Å². The van der Waals surface area contributed by atoms with Gasteiger partial charge in [0, 0.05) is 10.9 Å². The SMILES string of the molecule is COc1ccc(CC(N)CCc2scnc2C)cc1. The van der Waals surface area contributed by atoms with E-state index in [0.717, 1.165) is 30.7 Å². The van der Waals surface area contributed by atoms with Gasteiger partial charge in [0.25, 0.3) is 0 Å². The fraction of sp³-hybridized carbons (Fsp3) is 0.400. The summed E-state index contributed by atoms with van der Waals surface area (Å²) in [4.78, 5) is 5.61. The zero-order chi connectivity index (χ0) is 13.7. The predicted octanol–water partition coefficient (Wildman–Crippen LogP) is 2.96. The third-order valence-corrected chi connectivity index (χ3v) is 4.24. The fourth-order valence-corrected chi connectivity index (χ4v) is 2.85. The summed E-state index contributed by atoms with van der Waals surface area (Å²) in [5.74, 6) is 0.887. The van der Waals surface area contributed by atoms with Crippen LogP contribution in [0.1, 0.15) is 22.6 Å². The van der Waals surface area contributed by atoms with E-state index in [4.69, 9.17) is 10.5 Å². The van der Waals surface area contributed by atoms with Crippen LogP contribution in [0.3, 0.4) is 0 Å². The van der Waals surface area contributed by atoms with Crippen molar-refractivity contribution in [2.75, 3.05) is 7.11 Å². The van der Waals surface area contributed by atoms with Gasteiger partial charge in [-0.05, 0) is 43.9 Å². The molecule has 19 heavy (non-hydrogen) atoms. The first-order valence-electron chi connectivity index (χ1n) is 6.46. The second-order valence-corrected chi connectivity index (χ2v) is 5.65. The van der Waals surface area contributed by atoms with Crippen molar-refractivity contribution in [2.45, 2.75) is 32.2 Å². The monoisotopic (exact) mass is 276 g/mol. The smallest absolute Gasteiger partial charge is 0.118 e. The normalized spacial score (nSPS) is 12.4. The molecule has 1 aromatic carbocycles. The number of rotatable bonds is 6. The lowest BCUT2D eigenvalue weighted by Crippen LogP contribution is -2.23. The Balaban J connectivity index is 1.83. The number of benzene rings is 1. The molecular formula is C15H20N2OS. The van der Waals surface area contributed by atoms with Gasteiger partial charge in [0.15, 0.2) is 0 Å². The highest BCUT2D eigenvalue weighted by molar-refractivity contribution is 7.09. The Hall–Kier alpha value is -1.39. The first-order valence-corrected chi connectivity index (χ1v) is 7.34. The molecule has 2 rings (SSSR count). The van der Waals surface area contributed by atoms with Crippen LogP contribution < -0.4 is 10.5 Å². The molecule has 1 atom stereocenters. The zero-order valence-electron chi connectivity index (χ0n) is 11.4. The molecule has 0 aliphatic rings. The number of hydrogen-bond acceptors (Lipinski definition) is 4. The highest BCUT2D eigenvalue weighted by atomic mass is 32.1. The second kappa shape index (κ2) is 6.68. The molecule has 0 fully saturated rings. The summed E-state index contributed by atoms with van der Waals surface area (Å²) in [6, 6.07) is 8.31. The molecule has 0 saturated carbocycles. The Morgan fingerprint density at radius 2 is 2.05 bits per heavy atom. The van der Waals surface area contributed by atoms with Crippen LogP contribution in [0.25, 0.3) is 0 Å². The van der Waals surface area contributed by atoms with E-state index in [1.807, 2.05) is 17.6 Å². The summed E-state index contributed by atoms with van der Waals surface area (Å²) in [7, 11) is 1.68. The van der Waals surface area contributed by atoms with Gasteiger partial charge >= 0.3 is 0 Å². The maximum atomic E-state index is 6.20. The summed E-state index contributed by atoms with van der Waals surface area (Å²) < 4.78 is 5.15. The zero-order valence-corrected chi connectivity index (χ0v) is 12.2. The summed E-state index contributed by atoms with van der Waals surface area (Å²) in [6.45, 7) is 2.06. The molecule has 102 valence electrons. The van der Waals surface area contributed by atoms with Gasteiger partial charge in [-0.25, -0.2) is 4.98 Å². The van der Waals surface area contributed by atoms with Crippen molar-refractivity contribution < 1.29 is 4.74 Å². The molecule has 1 unspecified atom stereocenters. The highest BCUT2D eigenvalue weighted by Gasteiger charge is 2.07. The molecule has 0 bridgehead atoms. The summed E-state index contributed by atoms with van der Waals surface area (Å²) in [6.07, 6.45) is 2.92. The van der Waals surface area contributed by atoms with E-state index in [1.54, 1.807) is 18.4 Å². The lowest BCUT2D eigenvalue weighted by Gasteiger charge is -2.11. The van der Waals surface area contributed by atoms with Crippen LogP contribution in [-0.4, -0.2) is 18.1 Å². The molecule has 0 amide bonds. The highest BCUT2D eigenvalue weighted by Crippen LogP contribution is 2.17. The molecule has 2 N–H and O–H groups in total. The maximum absolute atomic E-state index is 6.20. The van der Waals surface area contributed by atoms with Crippen molar-refractivity contribution in [3.8, 4) is 5.75 Å².